The molecule has 2 aliphatic rings. The van der Waals surface area contributed by atoms with Crippen molar-refractivity contribution in [2.75, 3.05) is 33.7 Å². The fourth-order valence-corrected chi connectivity index (χ4v) is 2.78. The minimum atomic E-state index is 0.577. The number of hydrogen-bond acceptors (Lipinski definition) is 2. The lowest BCUT2D eigenvalue weighted by molar-refractivity contribution is 0.240. The maximum absolute atomic E-state index is 4.44. The van der Waals surface area contributed by atoms with Crippen molar-refractivity contribution in [3.8, 4) is 0 Å². The highest BCUT2D eigenvalue weighted by Crippen LogP contribution is 2.26. The molecule has 1 heterocycles. The van der Waals surface area contributed by atoms with E-state index >= 15 is 0 Å². The van der Waals surface area contributed by atoms with Gasteiger partial charge in [0, 0.05) is 38.8 Å². The third kappa shape index (κ3) is 4.10. The zero-order valence-corrected chi connectivity index (χ0v) is 13.0. The van der Waals surface area contributed by atoms with Gasteiger partial charge in [-0.3, -0.25) is 9.89 Å². The van der Waals surface area contributed by atoms with Gasteiger partial charge in [0.25, 0.3) is 0 Å². The molecule has 0 aromatic carbocycles. The first-order valence-electron chi connectivity index (χ1n) is 7.79. The molecule has 110 valence electrons. The SMILES string of the molecule is CN=C(NCC(C)N(C)C1CC1)N1CCC(C)CC1. The largest absolute Gasteiger partial charge is 0.355 e. The Morgan fingerprint density at radius 2 is 1.95 bits per heavy atom. The van der Waals surface area contributed by atoms with Crippen LogP contribution in [0.2, 0.25) is 0 Å². The van der Waals surface area contributed by atoms with Crippen LogP contribution in [0.15, 0.2) is 4.99 Å². The minimum absolute atomic E-state index is 0.577. The Labute approximate surface area is 118 Å². The van der Waals surface area contributed by atoms with E-state index < -0.39 is 0 Å². The zero-order chi connectivity index (χ0) is 13.8. The molecule has 0 bridgehead atoms. The Morgan fingerprint density at radius 3 is 2.47 bits per heavy atom. The summed E-state index contributed by atoms with van der Waals surface area (Å²) in [7, 11) is 4.14. The second-order valence-electron chi connectivity index (χ2n) is 6.34. The van der Waals surface area contributed by atoms with Gasteiger partial charge >= 0.3 is 0 Å². The normalized spacial score (nSPS) is 23.8. The second-order valence-corrected chi connectivity index (χ2v) is 6.34. The van der Waals surface area contributed by atoms with Crippen LogP contribution >= 0.6 is 0 Å². The highest BCUT2D eigenvalue weighted by atomic mass is 15.3. The van der Waals surface area contributed by atoms with Gasteiger partial charge in [-0.1, -0.05) is 6.92 Å². The molecular weight excluding hydrogens is 236 g/mol. The van der Waals surface area contributed by atoms with Crippen molar-refractivity contribution in [2.24, 2.45) is 10.9 Å². The maximum atomic E-state index is 4.44. The summed E-state index contributed by atoms with van der Waals surface area (Å²) in [5.74, 6) is 1.96. The summed E-state index contributed by atoms with van der Waals surface area (Å²) >= 11 is 0. The summed E-state index contributed by atoms with van der Waals surface area (Å²) in [6, 6.07) is 1.41. The van der Waals surface area contributed by atoms with Crippen LogP contribution in [0.1, 0.15) is 39.5 Å². The van der Waals surface area contributed by atoms with E-state index in [4.69, 9.17) is 0 Å². The third-order valence-electron chi connectivity index (χ3n) is 4.67. The van der Waals surface area contributed by atoms with Gasteiger partial charge in [-0.05, 0) is 45.6 Å². The molecule has 1 aliphatic carbocycles. The highest BCUT2D eigenvalue weighted by molar-refractivity contribution is 5.80. The minimum Gasteiger partial charge on any atom is -0.355 e. The molecule has 2 fully saturated rings. The molecule has 1 saturated heterocycles. The third-order valence-corrected chi connectivity index (χ3v) is 4.67. The van der Waals surface area contributed by atoms with E-state index in [0.717, 1.165) is 37.6 Å². The molecule has 0 radical (unpaired) electrons. The number of hydrogen-bond donors (Lipinski definition) is 1. The average molecular weight is 266 g/mol. The smallest absolute Gasteiger partial charge is 0.193 e. The predicted octanol–water partition coefficient (Wildman–Crippen LogP) is 1.78. The van der Waals surface area contributed by atoms with E-state index in [1.54, 1.807) is 0 Å². The van der Waals surface area contributed by atoms with Crippen LogP contribution in [0.4, 0.5) is 0 Å². The van der Waals surface area contributed by atoms with Crippen LogP contribution in [0.3, 0.4) is 0 Å². The van der Waals surface area contributed by atoms with Gasteiger partial charge in [0.2, 0.25) is 0 Å². The van der Waals surface area contributed by atoms with Crippen LogP contribution in [0.5, 0.6) is 0 Å². The first-order valence-corrected chi connectivity index (χ1v) is 7.79. The first kappa shape index (κ1) is 14.6. The van der Waals surface area contributed by atoms with Gasteiger partial charge in [0.05, 0.1) is 0 Å². The number of likely N-dealkylation sites (N-methyl/N-ethyl adjacent to an activating group) is 1. The molecule has 1 aliphatic heterocycles. The Bertz CT molecular complexity index is 303. The summed E-state index contributed by atoms with van der Waals surface area (Å²) in [6.45, 7) is 7.93. The molecule has 4 nitrogen and oxygen atoms in total. The van der Waals surface area contributed by atoms with Crippen LogP contribution in [-0.2, 0) is 0 Å². The number of nitrogens with zero attached hydrogens (tertiary/aromatic N) is 3. The molecule has 19 heavy (non-hydrogen) atoms. The summed E-state index contributed by atoms with van der Waals surface area (Å²) in [5, 5.41) is 3.55. The number of likely N-dealkylation sites (tertiary alicyclic amines) is 1. The van der Waals surface area contributed by atoms with Gasteiger partial charge < -0.3 is 10.2 Å². The standard InChI is InChI=1S/C15H30N4/c1-12-7-9-19(10-8-12)15(16-3)17-11-13(2)18(4)14-5-6-14/h12-14H,5-11H2,1-4H3,(H,16,17). The van der Waals surface area contributed by atoms with Crippen LogP contribution in [-0.4, -0.2) is 61.6 Å². The number of piperidine rings is 1. The molecule has 0 aromatic heterocycles. The van der Waals surface area contributed by atoms with Crippen molar-refractivity contribution in [2.45, 2.75) is 51.6 Å². The zero-order valence-electron chi connectivity index (χ0n) is 13.0. The summed E-state index contributed by atoms with van der Waals surface area (Å²) < 4.78 is 0. The lowest BCUT2D eigenvalue weighted by Crippen LogP contribution is -2.49. The monoisotopic (exact) mass is 266 g/mol. The number of nitrogens with one attached hydrogen (secondary N) is 1. The molecular formula is C15H30N4. The lowest BCUT2D eigenvalue weighted by atomic mass is 10.00. The molecule has 2 rings (SSSR count). The molecule has 1 saturated carbocycles. The van der Waals surface area contributed by atoms with E-state index in [2.05, 4.69) is 41.0 Å². The van der Waals surface area contributed by atoms with Crippen LogP contribution in [0, 0.1) is 5.92 Å². The van der Waals surface area contributed by atoms with Gasteiger partial charge in [-0.25, -0.2) is 0 Å². The van der Waals surface area contributed by atoms with Crippen molar-refractivity contribution < 1.29 is 0 Å². The Balaban J connectivity index is 1.76. The Hall–Kier alpha value is -0.770. The van der Waals surface area contributed by atoms with Gasteiger partial charge in [-0.2, -0.15) is 0 Å². The summed E-state index contributed by atoms with van der Waals surface area (Å²) in [4.78, 5) is 9.35. The number of aliphatic imine (C=N–C) groups is 1. The fraction of sp³-hybridized carbons (Fsp3) is 0.933. The van der Waals surface area contributed by atoms with E-state index in [1.165, 1.54) is 25.7 Å². The molecule has 0 spiro atoms. The Morgan fingerprint density at radius 1 is 1.32 bits per heavy atom. The van der Waals surface area contributed by atoms with E-state index in [-0.39, 0.29) is 0 Å². The molecule has 1 N–H and O–H groups in total. The molecule has 0 aromatic rings. The first-order chi connectivity index (χ1) is 9.11. The van der Waals surface area contributed by atoms with Gasteiger partial charge in [-0.15, -0.1) is 0 Å². The lowest BCUT2D eigenvalue weighted by Gasteiger charge is -2.34. The van der Waals surface area contributed by atoms with Crippen molar-refractivity contribution in [3.05, 3.63) is 0 Å². The van der Waals surface area contributed by atoms with Crippen molar-refractivity contribution in [1.29, 1.82) is 0 Å². The number of rotatable bonds is 4. The van der Waals surface area contributed by atoms with Crippen LogP contribution in [0.25, 0.3) is 0 Å². The second kappa shape index (κ2) is 6.60. The molecule has 1 atom stereocenters. The average Bonchev–Trinajstić information content (AvgIpc) is 3.24. The van der Waals surface area contributed by atoms with Crippen LogP contribution < -0.4 is 5.32 Å². The Kier molecular flexibility index (Phi) is 5.08. The quantitative estimate of drug-likeness (QED) is 0.621. The van der Waals surface area contributed by atoms with Crippen molar-refractivity contribution in [3.63, 3.8) is 0 Å². The van der Waals surface area contributed by atoms with Gasteiger partial charge in [0.15, 0.2) is 5.96 Å². The summed E-state index contributed by atoms with van der Waals surface area (Å²) in [6.07, 6.45) is 5.33. The van der Waals surface area contributed by atoms with Crippen molar-refractivity contribution >= 4 is 5.96 Å². The van der Waals surface area contributed by atoms with E-state index in [9.17, 15) is 0 Å². The number of guanidine groups is 1. The van der Waals surface area contributed by atoms with E-state index in [1.807, 2.05) is 7.05 Å². The topological polar surface area (TPSA) is 30.9 Å². The maximum Gasteiger partial charge on any atom is 0.193 e. The predicted molar refractivity (Wildman–Crippen MR) is 81.6 cm³/mol. The molecule has 1 unspecified atom stereocenters. The van der Waals surface area contributed by atoms with Crippen molar-refractivity contribution in [1.82, 2.24) is 15.1 Å². The fourth-order valence-electron chi connectivity index (χ4n) is 2.78. The van der Waals surface area contributed by atoms with E-state index in [0.29, 0.717) is 6.04 Å². The highest BCUT2D eigenvalue weighted by Gasteiger charge is 2.29. The molecule has 4 heteroatoms. The van der Waals surface area contributed by atoms with Gasteiger partial charge in [0.1, 0.15) is 0 Å². The summed E-state index contributed by atoms with van der Waals surface area (Å²) in [5.41, 5.74) is 0. The molecule has 0 amide bonds.